The molecule has 0 saturated heterocycles. The average molecular weight is 606 g/mol. The fourth-order valence-electron chi connectivity index (χ4n) is 4.74. The van der Waals surface area contributed by atoms with Crippen LogP contribution in [0.15, 0.2) is 71.3 Å². The zero-order chi connectivity index (χ0) is 33.3. The van der Waals surface area contributed by atoms with Crippen molar-refractivity contribution in [1.82, 2.24) is 0 Å². The third kappa shape index (κ3) is 5.74. The van der Waals surface area contributed by atoms with Crippen molar-refractivity contribution in [3.05, 3.63) is 121 Å². The van der Waals surface area contributed by atoms with Gasteiger partial charge in [-0.05, 0) is 65.6 Å². The highest BCUT2D eigenvalue weighted by Gasteiger charge is 2.43. The van der Waals surface area contributed by atoms with Gasteiger partial charge in [-0.3, -0.25) is 0 Å². The number of alkyl halides is 6. The SMILES string of the molecule is Cc1cc(C(C#N)=C2C(=C(C#N)c3ccc(C#N)c(C(F)(F)F)c3)C2=C(C#N)c2ccc(C#N)c(C(F)(F)F)c2)ccc1C#N. The molecular formula is C33H12F6N6. The minimum atomic E-state index is -4.99. The van der Waals surface area contributed by atoms with Crippen LogP contribution < -0.4 is 0 Å². The zero-order valence-electron chi connectivity index (χ0n) is 22.6. The monoisotopic (exact) mass is 606 g/mol. The Morgan fingerprint density at radius 2 is 0.800 bits per heavy atom. The van der Waals surface area contributed by atoms with E-state index in [2.05, 4.69) is 0 Å². The van der Waals surface area contributed by atoms with Crippen LogP contribution >= 0.6 is 0 Å². The maximum atomic E-state index is 13.8. The van der Waals surface area contributed by atoms with Crippen LogP contribution in [0.4, 0.5) is 26.3 Å². The maximum Gasteiger partial charge on any atom is 0.417 e. The summed E-state index contributed by atoms with van der Waals surface area (Å²) in [7, 11) is 0. The van der Waals surface area contributed by atoms with Gasteiger partial charge in [-0.15, -0.1) is 0 Å². The number of nitrogens with zero attached hydrogens (tertiary/aromatic N) is 6. The van der Waals surface area contributed by atoms with Crippen LogP contribution in [0.25, 0.3) is 16.7 Å². The number of hydrogen-bond acceptors (Lipinski definition) is 6. The van der Waals surface area contributed by atoms with Gasteiger partial charge in [0.05, 0.1) is 62.7 Å². The summed E-state index contributed by atoms with van der Waals surface area (Å²) in [5.41, 5.74) is -5.32. The number of nitriles is 6. The van der Waals surface area contributed by atoms with Crippen LogP contribution in [0.3, 0.4) is 0 Å². The first-order valence-electron chi connectivity index (χ1n) is 12.4. The molecular weight excluding hydrogens is 594 g/mol. The van der Waals surface area contributed by atoms with E-state index in [4.69, 9.17) is 0 Å². The molecule has 6 nitrogen and oxygen atoms in total. The summed E-state index contributed by atoms with van der Waals surface area (Å²) < 4.78 is 82.6. The summed E-state index contributed by atoms with van der Waals surface area (Å²) in [4.78, 5) is 0. The van der Waals surface area contributed by atoms with E-state index in [1.165, 1.54) is 30.3 Å². The molecule has 0 atom stereocenters. The Labute approximate surface area is 251 Å². The Morgan fingerprint density at radius 1 is 0.489 bits per heavy atom. The molecule has 45 heavy (non-hydrogen) atoms. The van der Waals surface area contributed by atoms with Crippen molar-refractivity contribution in [2.75, 3.05) is 0 Å². The molecule has 0 spiro atoms. The van der Waals surface area contributed by atoms with Crippen LogP contribution in [-0.2, 0) is 12.4 Å². The van der Waals surface area contributed by atoms with Gasteiger partial charge in [0.2, 0.25) is 0 Å². The first kappa shape index (κ1) is 31.3. The van der Waals surface area contributed by atoms with Crippen molar-refractivity contribution in [3.8, 4) is 36.4 Å². The van der Waals surface area contributed by atoms with Gasteiger partial charge in [-0.1, -0.05) is 18.2 Å². The van der Waals surface area contributed by atoms with Gasteiger partial charge in [0.15, 0.2) is 0 Å². The molecule has 4 rings (SSSR count). The van der Waals surface area contributed by atoms with E-state index in [0.717, 1.165) is 24.3 Å². The predicted molar refractivity (Wildman–Crippen MR) is 146 cm³/mol. The van der Waals surface area contributed by atoms with Crippen LogP contribution in [0.1, 0.15) is 50.1 Å². The van der Waals surface area contributed by atoms with Gasteiger partial charge in [0.25, 0.3) is 0 Å². The molecule has 0 amide bonds. The molecule has 1 aliphatic carbocycles. The van der Waals surface area contributed by atoms with E-state index >= 15 is 0 Å². The average Bonchev–Trinajstić information content (AvgIpc) is 3.70. The Morgan fingerprint density at radius 3 is 1.07 bits per heavy atom. The van der Waals surface area contributed by atoms with Crippen molar-refractivity contribution >= 4 is 16.7 Å². The summed E-state index contributed by atoms with van der Waals surface area (Å²) in [6, 6.07) is 19.5. The number of benzene rings is 3. The van der Waals surface area contributed by atoms with E-state index in [-0.39, 0.29) is 44.5 Å². The van der Waals surface area contributed by atoms with Gasteiger partial charge < -0.3 is 0 Å². The molecule has 1 aliphatic rings. The second kappa shape index (κ2) is 11.6. The topological polar surface area (TPSA) is 143 Å². The normalized spacial score (nSPS) is 14.5. The molecule has 3 aromatic rings. The van der Waals surface area contributed by atoms with E-state index in [9.17, 15) is 57.9 Å². The minimum Gasteiger partial charge on any atom is -0.192 e. The molecule has 1 saturated carbocycles. The summed E-state index contributed by atoms with van der Waals surface area (Å²) >= 11 is 0. The van der Waals surface area contributed by atoms with Crippen molar-refractivity contribution < 1.29 is 26.3 Å². The number of halogens is 6. The van der Waals surface area contributed by atoms with Gasteiger partial charge in [-0.2, -0.15) is 57.9 Å². The Balaban J connectivity index is 2.16. The lowest BCUT2D eigenvalue weighted by atomic mass is 9.97. The highest BCUT2D eigenvalue weighted by molar-refractivity contribution is 6.12. The summed E-state index contributed by atoms with van der Waals surface area (Å²) in [6.07, 6.45) is -9.97. The highest BCUT2D eigenvalue weighted by atomic mass is 19.4. The molecule has 12 heteroatoms. The molecule has 0 aromatic heterocycles. The number of hydrogen-bond donors (Lipinski definition) is 0. The summed E-state index contributed by atoms with van der Waals surface area (Å²) in [5.74, 6) is 0. The van der Waals surface area contributed by atoms with Crippen LogP contribution in [-0.4, -0.2) is 0 Å². The molecule has 0 radical (unpaired) electrons. The van der Waals surface area contributed by atoms with Crippen LogP contribution in [0.2, 0.25) is 0 Å². The van der Waals surface area contributed by atoms with E-state index in [1.54, 1.807) is 19.1 Å². The third-order valence-electron chi connectivity index (χ3n) is 6.88. The first-order valence-corrected chi connectivity index (χ1v) is 12.4. The van der Waals surface area contributed by atoms with Gasteiger partial charge >= 0.3 is 12.4 Å². The Hall–Kier alpha value is -6.60. The number of aryl methyl sites for hydroxylation is 1. The number of allylic oxidation sites excluding steroid dienone is 6. The maximum absolute atomic E-state index is 13.8. The van der Waals surface area contributed by atoms with E-state index in [0.29, 0.717) is 17.7 Å². The first-order chi connectivity index (χ1) is 21.2. The van der Waals surface area contributed by atoms with Crippen molar-refractivity contribution in [3.63, 3.8) is 0 Å². The predicted octanol–water partition coefficient (Wildman–Crippen LogP) is 7.89. The molecule has 1 fully saturated rings. The summed E-state index contributed by atoms with van der Waals surface area (Å²) in [6.45, 7) is 1.58. The quantitative estimate of drug-likeness (QED) is 0.219. The minimum absolute atomic E-state index is 0.0782. The number of rotatable bonds is 3. The Bertz CT molecular complexity index is 2040. The van der Waals surface area contributed by atoms with Crippen molar-refractivity contribution in [2.45, 2.75) is 19.3 Å². The standard InChI is InChI=1S/C33H12F6N6/c1-17-8-18(2-5-21(17)11-40)24(14-43)29-30(25(15-44)19-3-6-22(12-41)27(9-19)32(34,35)36)31(29)26(16-45)20-4-7-23(13-42)28(10-20)33(37,38)39/h2-10H,1H3. The second-order valence-corrected chi connectivity index (χ2v) is 9.47. The smallest absolute Gasteiger partial charge is 0.192 e. The summed E-state index contributed by atoms with van der Waals surface area (Å²) in [5, 5.41) is 58.1. The van der Waals surface area contributed by atoms with Gasteiger partial charge in [0.1, 0.15) is 18.2 Å². The molecule has 0 unspecified atom stereocenters. The van der Waals surface area contributed by atoms with Gasteiger partial charge in [0, 0.05) is 16.7 Å². The molecule has 216 valence electrons. The fourth-order valence-corrected chi connectivity index (χ4v) is 4.74. The molecule has 0 heterocycles. The zero-order valence-corrected chi connectivity index (χ0v) is 22.6. The lowest BCUT2D eigenvalue weighted by molar-refractivity contribution is -0.138. The lowest BCUT2D eigenvalue weighted by Gasteiger charge is -2.10. The molecule has 0 N–H and O–H groups in total. The fraction of sp³-hybridized carbons (Fsp3) is 0.0909. The van der Waals surface area contributed by atoms with Crippen LogP contribution in [0, 0.1) is 74.9 Å². The molecule has 3 aromatic carbocycles. The van der Waals surface area contributed by atoms with Gasteiger partial charge in [-0.25, -0.2) is 0 Å². The van der Waals surface area contributed by atoms with E-state index < -0.39 is 45.8 Å². The van der Waals surface area contributed by atoms with Crippen molar-refractivity contribution in [1.29, 1.82) is 31.6 Å². The molecule has 0 aliphatic heterocycles. The van der Waals surface area contributed by atoms with Crippen LogP contribution in [0.5, 0.6) is 0 Å². The second-order valence-electron chi connectivity index (χ2n) is 9.47. The third-order valence-corrected chi connectivity index (χ3v) is 6.88. The highest BCUT2D eigenvalue weighted by Crippen LogP contribution is 2.56. The lowest BCUT2D eigenvalue weighted by Crippen LogP contribution is -2.08. The largest absolute Gasteiger partial charge is 0.417 e. The van der Waals surface area contributed by atoms with E-state index in [1.807, 2.05) is 12.1 Å². The van der Waals surface area contributed by atoms with Crippen molar-refractivity contribution in [2.24, 2.45) is 0 Å². The molecule has 0 bridgehead atoms. The Kier molecular flexibility index (Phi) is 8.07.